The number of carbonyl (C=O) groups is 4. The second-order valence-electron chi connectivity index (χ2n) is 15.1. The number of hydrogen-bond acceptors (Lipinski definition) is 16. The van der Waals surface area contributed by atoms with Crippen LogP contribution >= 0.6 is 0 Å². The monoisotopic (exact) mass is 840 g/mol. The molecule has 0 spiro atoms. The molecule has 6 atom stereocenters. The van der Waals surface area contributed by atoms with Crippen LogP contribution in [-0.2, 0) is 29.0 Å². The molecule has 61 heavy (non-hydrogen) atoms. The first kappa shape index (κ1) is 44.9. The quantitative estimate of drug-likeness (QED) is 0.0239. The Hall–Kier alpha value is -5.66. The lowest BCUT2D eigenvalue weighted by molar-refractivity contribution is -0.268. The summed E-state index contributed by atoms with van der Waals surface area (Å²) >= 11 is 0. The number of phenols is 1. The number of ether oxygens (including phenoxy) is 3. The summed E-state index contributed by atoms with van der Waals surface area (Å²) in [5, 5.41) is 74.1. The molecule has 322 valence electrons. The van der Waals surface area contributed by atoms with Gasteiger partial charge in [-0.2, -0.15) is 0 Å². The maximum atomic E-state index is 14.9. The van der Waals surface area contributed by atoms with Crippen molar-refractivity contribution in [1.29, 1.82) is 0 Å². The number of carbonyl (C=O) groups excluding carboxylic acids is 4. The second-order valence-corrected chi connectivity index (χ2v) is 15.1. The second kappa shape index (κ2) is 18.9. The Labute approximate surface area is 350 Å². The Morgan fingerprint density at radius 2 is 1.62 bits per heavy atom. The molecule has 1 fully saturated rings. The molecule has 16 nitrogen and oxygen atoms in total. The van der Waals surface area contributed by atoms with E-state index in [4.69, 9.17) is 30.8 Å². The number of esters is 1. The van der Waals surface area contributed by atoms with Crippen LogP contribution in [0.1, 0.15) is 114 Å². The summed E-state index contributed by atoms with van der Waals surface area (Å²) < 4.78 is 17.3. The minimum atomic E-state index is -1.84. The van der Waals surface area contributed by atoms with Crippen LogP contribution in [0, 0.1) is 0 Å². The maximum Gasteiger partial charge on any atom is 0.308 e. The van der Waals surface area contributed by atoms with Crippen molar-refractivity contribution in [3.63, 3.8) is 0 Å². The van der Waals surface area contributed by atoms with Gasteiger partial charge in [-0.3, -0.25) is 19.2 Å². The van der Waals surface area contributed by atoms with E-state index >= 15 is 0 Å². The summed E-state index contributed by atoms with van der Waals surface area (Å²) in [6, 6.07) is 14.1. The average Bonchev–Trinajstić information content (AvgIpc) is 3.23. The number of benzene rings is 4. The molecule has 4 aromatic carbocycles. The van der Waals surface area contributed by atoms with Gasteiger partial charge in [-0.1, -0.05) is 48.5 Å². The van der Waals surface area contributed by atoms with Gasteiger partial charge in [-0.05, 0) is 72.2 Å². The van der Waals surface area contributed by atoms with Crippen molar-refractivity contribution in [2.45, 2.75) is 89.1 Å². The highest BCUT2D eigenvalue weighted by Crippen LogP contribution is 2.45. The van der Waals surface area contributed by atoms with Gasteiger partial charge in [0.15, 0.2) is 17.9 Å². The van der Waals surface area contributed by atoms with Crippen molar-refractivity contribution in [2.24, 2.45) is 11.5 Å². The van der Waals surface area contributed by atoms with Crippen molar-refractivity contribution in [3.8, 4) is 17.2 Å². The third-order valence-corrected chi connectivity index (χ3v) is 10.8. The lowest BCUT2D eigenvalue weighted by Gasteiger charge is -2.39. The van der Waals surface area contributed by atoms with Crippen molar-refractivity contribution in [1.82, 2.24) is 0 Å². The van der Waals surface area contributed by atoms with E-state index in [1.54, 1.807) is 36.4 Å². The molecule has 0 radical (unpaired) electrons. The minimum absolute atomic E-state index is 0.0200. The van der Waals surface area contributed by atoms with E-state index in [1.165, 1.54) is 25.1 Å². The number of phenolic OH excluding ortho intramolecular Hbond substituents is 1. The molecule has 1 saturated heterocycles. The van der Waals surface area contributed by atoms with Gasteiger partial charge in [-0.15, -0.1) is 0 Å². The van der Waals surface area contributed by atoms with E-state index in [1.807, 2.05) is 6.07 Å². The molecular formula is C45H48N2O14. The molecule has 1 heterocycles. The number of hydrogen-bond donors (Lipinski definition) is 9. The highest BCUT2D eigenvalue weighted by Gasteiger charge is 2.45. The summed E-state index contributed by atoms with van der Waals surface area (Å²) in [5.41, 5.74) is 12.2. The molecule has 0 unspecified atom stereocenters. The van der Waals surface area contributed by atoms with Gasteiger partial charge >= 0.3 is 5.97 Å². The van der Waals surface area contributed by atoms with Crippen LogP contribution < -0.4 is 20.9 Å². The predicted octanol–water partition coefficient (Wildman–Crippen LogP) is 1.96. The molecule has 0 saturated carbocycles. The number of ketones is 2. The van der Waals surface area contributed by atoms with Crippen LogP contribution in [0.3, 0.4) is 0 Å². The molecule has 4 aromatic rings. The SMILES string of the molecule is CC(=O)Oc1cc(CO)c2c(c1/C=C\c1cccc(C[C@H](O)CCCO)c1)C(=O)c1cc(O[C@H]3O[C@@H](C)[C@@H](O)[C@@H](O)[C@H]3O)c(Cc3cccc(C(N)N)c3C=O)c(O)c1C2=O. The molecule has 0 aromatic heterocycles. The zero-order chi connectivity index (χ0) is 44.3. The van der Waals surface area contributed by atoms with Gasteiger partial charge in [0, 0.05) is 53.3 Å². The van der Waals surface area contributed by atoms with Crippen LogP contribution in [0.5, 0.6) is 17.2 Å². The molecule has 0 bridgehead atoms. The van der Waals surface area contributed by atoms with Gasteiger partial charge in [-0.25, -0.2) is 0 Å². The summed E-state index contributed by atoms with van der Waals surface area (Å²) in [4.78, 5) is 54.4. The lowest BCUT2D eigenvalue weighted by atomic mass is 9.77. The van der Waals surface area contributed by atoms with Crippen LogP contribution in [0.2, 0.25) is 0 Å². The summed E-state index contributed by atoms with van der Waals surface area (Å²) in [5.74, 6) is -3.75. The molecule has 16 heteroatoms. The molecular weight excluding hydrogens is 792 g/mol. The smallest absolute Gasteiger partial charge is 0.308 e. The number of fused-ring (bicyclic) bond motifs is 2. The Kier molecular flexibility index (Phi) is 13.9. The Balaban J connectivity index is 1.54. The lowest BCUT2D eigenvalue weighted by Crippen LogP contribution is -2.58. The number of aromatic hydroxyl groups is 1. The highest BCUT2D eigenvalue weighted by molar-refractivity contribution is 6.31. The first-order valence-corrected chi connectivity index (χ1v) is 19.6. The van der Waals surface area contributed by atoms with Crippen LogP contribution in [-0.4, -0.2) is 103 Å². The van der Waals surface area contributed by atoms with Crippen molar-refractivity contribution < 1.29 is 69.1 Å². The normalized spacial score (nSPS) is 20.4. The maximum absolute atomic E-state index is 14.9. The third kappa shape index (κ3) is 9.18. The van der Waals surface area contributed by atoms with Gasteiger partial charge < -0.3 is 61.4 Å². The van der Waals surface area contributed by atoms with Gasteiger partial charge in [0.2, 0.25) is 6.29 Å². The number of aliphatic hydroxyl groups excluding tert-OH is 6. The summed E-state index contributed by atoms with van der Waals surface area (Å²) in [7, 11) is 0. The van der Waals surface area contributed by atoms with E-state index in [-0.39, 0.29) is 69.0 Å². The highest BCUT2D eigenvalue weighted by atomic mass is 16.7. The predicted molar refractivity (Wildman–Crippen MR) is 219 cm³/mol. The first-order chi connectivity index (χ1) is 29.1. The summed E-state index contributed by atoms with van der Waals surface area (Å²) in [6.07, 6.45) is -5.21. The number of aliphatic hydroxyl groups is 6. The van der Waals surface area contributed by atoms with Crippen molar-refractivity contribution in [2.75, 3.05) is 6.61 Å². The molecule has 2 aliphatic rings. The Morgan fingerprint density at radius 1 is 0.885 bits per heavy atom. The van der Waals surface area contributed by atoms with Crippen LogP contribution in [0.4, 0.5) is 0 Å². The van der Waals surface area contributed by atoms with Gasteiger partial charge in [0.05, 0.1) is 30.5 Å². The van der Waals surface area contributed by atoms with E-state index < -0.39 is 84.0 Å². The molecule has 11 N–H and O–H groups in total. The molecule has 1 aliphatic heterocycles. The minimum Gasteiger partial charge on any atom is -0.507 e. The van der Waals surface area contributed by atoms with Crippen molar-refractivity contribution in [3.05, 3.63) is 121 Å². The van der Waals surface area contributed by atoms with E-state index in [2.05, 4.69) is 0 Å². The van der Waals surface area contributed by atoms with Crippen LogP contribution in [0.15, 0.2) is 54.6 Å². The van der Waals surface area contributed by atoms with Crippen LogP contribution in [0.25, 0.3) is 12.2 Å². The van der Waals surface area contributed by atoms with Gasteiger partial charge in [0.25, 0.3) is 0 Å². The van der Waals surface area contributed by atoms with E-state index in [9.17, 15) is 49.8 Å². The molecule has 0 amide bonds. The Bertz CT molecular complexity index is 2380. The molecule has 6 rings (SSSR count). The van der Waals surface area contributed by atoms with E-state index in [0.29, 0.717) is 31.1 Å². The number of nitrogens with two attached hydrogens (primary N) is 2. The van der Waals surface area contributed by atoms with Gasteiger partial charge in [0.1, 0.15) is 35.6 Å². The standard InChI is InChI=1S/C45H48N2O14/c1-21-38(53)42(57)43(58)45(59-21)61-34-18-31-37(39(54)30(34)16-25-8-4-10-28(44(46)47)32(25)20-50)41(56)35-26(19-49)17-33(60-22(2)51)29(36(35)40(31)55)12-11-23-6-3-7-24(14-23)15-27(52)9-5-13-48/h3-4,6-8,10-12,14,17-18,20-21,27,38,42-45,48-49,52-54,57-58H,5,9,13,15-16,19,46-47H2,1-2H3/b12-11-/t21-,27+,38+,42+,43+,45+/m0/s1. The number of rotatable bonds is 15. The van der Waals surface area contributed by atoms with E-state index in [0.717, 1.165) is 18.6 Å². The fourth-order valence-electron chi connectivity index (χ4n) is 7.73. The van der Waals surface area contributed by atoms with Crippen molar-refractivity contribution >= 4 is 36.0 Å². The first-order valence-electron chi connectivity index (χ1n) is 19.6. The topological polar surface area (TPSA) is 290 Å². The largest absolute Gasteiger partial charge is 0.507 e. The number of aldehydes is 1. The zero-order valence-electron chi connectivity index (χ0n) is 33.4. The fraction of sp³-hybridized carbons (Fsp3) is 0.333. The zero-order valence-corrected chi connectivity index (χ0v) is 33.4. The molecule has 1 aliphatic carbocycles. The fourth-order valence-corrected chi connectivity index (χ4v) is 7.73. The third-order valence-electron chi connectivity index (χ3n) is 10.8. The Morgan fingerprint density at radius 3 is 2.30 bits per heavy atom. The average molecular weight is 841 g/mol. The summed E-state index contributed by atoms with van der Waals surface area (Å²) in [6.45, 7) is 1.71.